The van der Waals surface area contributed by atoms with Crippen LogP contribution in [0, 0.1) is 0 Å². The first kappa shape index (κ1) is 14.3. The molecule has 5 heteroatoms. The van der Waals surface area contributed by atoms with Crippen LogP contribution in [0.2, 0.25) is 0 Å². The molecule has 22 heavy (non-hydrogen) atoms. The Balaban J connectivity index is 1.85. The highest BCUT2D eigenvalue weighted by Crippen LogP contribution is 2.20. The molecule has 0 fully saturated rings. The zero-order valence-corrected chi connectivity index (χ0v) is 12.2. The lowest BCUT2D eigenvalue weighted by Crippen LogP contribution is -2.04. The predicted molar refractivity (Wildman–Crippen MR) is 83.2 cm³/mol. The van der Waals surface area contributed by atoms with Gasteiger partial charge in [0.05, 0.1) is 24.5 Å². The van der Waals surface area contributed by atoms with Gasteiger partial charge in [-0.05, 0) is 17.7 Å². The molecular formula is C17H16N2O3. The predicted octanol–water partition coefficient (Wildman–Crippen LogP) is 2.27. The van der Waals surface area contributed by atoms with E-state index >= 15 is 0 Å². The highest BCUT2D eigenvalue weighted by molar-refractivity contribution is 5.96. The second-order valence-corrected chi connectivity index (χ2v) is 5.01. The molecule has 1 N–H and O–H groups in total. The number of hydrogen-bond donors (Lipinski definition) is 1. The smallest absolute Gasteiger partial charge is 0.188 e. The van der Waals surface area contributed by atoms with Gasteiger partial charge in [-0.15, -0.1) is 0 Å². The molecular weight excluding hydrogens is 280 g/mol. The third-order valence-corrected chi connectivity index (χ3v) is 3.60. The van der Waals surface area contributed by atoms with Gasteiger partial charge in [-0.1, -0.05) is 24.3 Å². The Labute approximate surface area is 127 Å². The van der Waals surface area contributed by atoms with Gasteiger partial charge in [-0.2, -0.15) is 0 Å². The molecule has 0 saturated carbocycles. The SMILES string of the molecule is COc1ccc2c(c1)ncn2Cc1ccc(C(=O)CO)cc1. The van der Waals surface area contributed by atoms with Crippen molar-refractivity contribution in [1.82, 2.24) is 9.55 Å². The number of methoxy groups -OCH3 is 1. The van der Waals surface area contributed by atoms with Crippen molar-refractivity contribution in [1.29, 1.82) is 0 Å². The lowest BCUT2D eigenvalue weighted by atomic mass is 10.1. The average Bonchev–Trinajstić information content (AvgIpc) is 2.97. The Bertz CT molecular complexity index is 806. The molecule has 0 radical (unpaired) electrons. The van der Waals surface area contributed by atoms with Crippen LogP contribution in [-0.2, 0) is 6.54 Å². The topological polar surface area (TPSA) is 64.4 Å². The van der Waals surface area contributed by atoms with E-state index in [0.717, 1.165) is 22.3 Å². The molecule has 1 aromatic heterocycles. The highest BCUT2D eigenvalue weighted by Gasteiger charge is 2.06. The molecule has 5 nitrogen and oxygen atoms in total. The fourth-order valence-electron chi connectivity index (χ4n) is 2.38. The number of aliphatic hydroxyl groups excluding tert-OH is 1. The minimum atomic E-state index is -0.465. The summed E-state index contributed by atoms with van der Waals surface area (Å²) in [6, 6.07) is 13.0. The second-order valence-electron chi connectivity index (χ2n) is 5.01. The quantitative estimate of drug-likeness (QED) is 0.734. The first-order valence-electron chi connectivity index (χ1n) is 6.93. The number of aromatic nitrogens is 2. The number of aliphatic hydroxyl groups is 1. The van der Waals surface area contributed by atoms with Gasteiger partial charge >= 0.3 is 0 Å². The summed E-state index contributed by atoms with van der Waals surface area (Å²) in [4.78, 5) is 15.8. The molecule has 0 aliphatic carbocycles. The molecule has 0 unspecified atom stereocenters. The molecule has 2 aromatic carbocycles. The molecule has 0 aliphatic heterocycles. The zero-order chi connectivity index (χ0) is 15.5. The number of fused-ring (bicyclic) bond motifs is 1. The highest BCUT2D eigenvalue weighted by atomic mass is 16.5. The van der Waals surface area contributed by atoms with E-state index in [1.54, 1.807) is 25.6 Å². The third kappa shape index (κ3) is 2.71. The van der Waals surface area contributed by atoms with Crippen LogP contribution in [0.4, 0.5) is 0 Å². The molecule has 3 rings (SSSR count). The van der Waals surface area contributed by atoms with Gasteiger partial charge < -0.3 is 14.4 Å². The maximum absolute atomic E-state index is 11.4. The fraction of sp³-hybridized carbons (Fsp3) is 0.176. The van der Waals surface area contributed by atoms with Crippen LogP contribution in [0.5, 0.6) is 5.75 Å². The van der Waals surface area contributed by atoms with Crippen LogP contribution < -0.4 is 4.74 Å². The van der Waals surface area contributed by atoms with E-state index in [1.807, 2.05) is 34.9 Å². The van der Waals surface area contributed by atoms with Gasteiger partial charge in [0.25, 0.3) is 0 Å². The Morgan fingerprint density at radius 3 is 2.68 bits per heavy atom. The van der Waals surface area contributed by atoms with Crippen LogP contribution >= 0.6 is 0 Å². The number of rotatable bonds is 5. The third-order valence-electron chi connectivity index (χ3n) is 3.60. The number of carbonyl (C=O) groups excluding carboxylic acids is 1. The fourth-order valence-corrected chi connectivity index (χ4v) is 2.38. The summed E-state index contributed by atoms with van der Waals surface area (Å²) in [5.74, 6) is 0.511. The largest absolute Gasteiger partial charge is 0.497 e. The van der Waals surface area contributed by atoms with Crippen molar-refractivity contribution < 1.29 is 14.6 Å². The summed E-state index contributed by atoms with van der Waals surface area (Å²) < 4.78 is 7.23. The first-order chi connectivity index (χ1) is 10.7. The van der Waals surface area contributed by atoms with Crippen LogP contribution in [0.15, 0.2) is 48.8 Å². The van der Waals surface area contributed by atoms with E-state index in [1.165, 1.54) is 0 Å². The first-order valence-corrected chi connectivity index (χ1v) is 6.93. The molecule has 0 amide bonds. The van der Waals surface area contributed by atoms with E-state index in [2.05, 4.69) is 4.98 Å². The Kier molecular flexibility index (Phi) is 3.89. The number of imidazole rings is 1. The van der Waals surface area contributed by atoms with Gasteiger partial charge in [0.1, 0.15) is 12.4 Å². The second kappa shape index (κ2) is 5.99. The number of carbonyl (C=O) groups is 1. The van der Waals surface area contributed by atoms with Crippen LogP contribution in [0.1, 0.15) is 15.9 Å². The van der Waals surface area contributed by atoms with Crippen molar-refractivity contribution in [2.75, 3.05) is 13.7 Å². The molecule has 0 aliphatic rings. The van der Waals surface area contributed by atoms with Crippen molar-refractivity contribution in [2.45, 2.75) is 6.54 Å². The van der Waals surface area contributed by atoms with Crippen LogP contribution in [0.3, 0.4) is 0 Å². The zero-order valence-electron chi connectivity index (χ0n) is 12.2. The van der Waals surface area contributed by atoms with Crippen molar-refractivity contribution in [3.05, 3.63) is 59.9 Å². The Morgan fingerprint density at radius 2 is 2.00 bits per heavy atom. The normalized spacial score (nSPS) is 10.8. The van der Waals surface area contributed by atoms with E-state index < -0.39 is 6.61 Å². The number of ether oxygens (including phenoxy) is 1. The lowest BCUT2D eigenvalue weighted by Gasteiger charge is -2.06. The van der Waals surface area contributed by atoms with Gasteiger partial charge in [-0.3, -0.25) is 4.79 Å². The summed E-state index contributed by atoms with van der Waals surface area (Å²) >= 11 is 0. The number of ketones is 1. The Hall–Kier alpha value is -2.66. The minimum absolute atomic E-state index is 0.272. The summed E-state index contributed by atoms with van der Waals surface area (Å²) in [5, 5.41) is 8.85. The van der Waals surface area contributed by atoms with Crippen molar-refractivity contribution in [2.24, 2.45) is 0 Å². The number of nitrogens with zero attached hydrogens (tertiary/aromatic N) is 2. The monoisotopic (exact) mass is 296 g/mol. The van der Waals surface area contributed by atoms with E-state index in [-0.39, 0.29) is 5.78 Å². The Morgan fingerprint density at radius 1 is 1.23 bits per heavy atom. The van der Waals surface area contributed by atoms with Crippen molar-refractivity contribution >= 4 is 16.8 Å². The van der Waals surface area contributed by atoms with E-state index in [4.69, 9.17) is 9.84 Å². The molecule has 1 heterocycles. The number of hydrogen-bond acceptors (Lipinski definition) is 4. The molecule has 112 valence electrons. The maximum atomic E-state index is 11.4. The summed E-state index contributed by atoms with van der Waals surface area (Å²) in [7, 11) is 1.63. The van der Waals surface area contributed by atoms with E-state index in [9.17, 15) is 4.79 Å². The molecule has 3 aromatic rings. The summed E-state index contributed by atoms with van der Waals surface area (Å²) in [6.07, 6.45) is 1.79. The van der Waals surface area contributed by atoms with Gasteiger partial charge in [0.2, 0.25) is 0 Å². The molecule has 0 bridgehead atoms. The van der Waals surface area contributed by atoms with Gasteiger partial charge in [-0.25, -0.2) is 4.98 Å². The summed E-state index contributed by atoms with van der Waals surface area (Å²) in [5.41, 5.74) is 3.49. The maximum Gasteiger partial charge on any atom is 0.188 e. The van der Waals surface area contributed by atoms with Gasteiger partial charge in [0.15, 0.2) is 5.78 Å². The van der Waals surface area contributed by atoms with Crippen molar-refractivity contribution in [3.63, 3.8) is 0 Å². The van der Waals surface area contributed by atoms with Crippen LogP contribution in [-0.4, -0.2) is 34.2 Å². The summed E-state index contributed by atoms with van der Waals surface area (Å²) in [6.45, 7) is 0.198. The standard InChI is InChI=1S/C17H16N2O3/c1-22-14-6-7-16-15(8-14)18-11-19(16)9-12-2-4-13(5-3-12)17(21)10-20/h2-8,11,20H,9-10H2,1H3. The number of Topliss-reactive ketones (excluding diaryl/α,β-unsaturated/α-hetero) is 1. The molecule has 0 spiro atoms. The molecule has 0 atom stereocenters. The van der Waals surface area contributed by atoms with Gasteiger partial charge in [0, 0.05) is 18.2 Å². The average molecular weight is 296 g/mol. The van der Waals surface area contributed by atoms with Crippen molar-refractivity contribution in [3.8, 4) is 5.75 Å². The molecule has 0 saturated heterocycles. The minimum Gasteiger partial charge on any atom is -0.497 e. The van der Waals surface area contributed by atoms with E-state index in [0.29, 0.717) is 12.1 Å². The number of benzene rings is 2. The van der Waals surface area contributed by atoms with Crippen LogP contribution in [0.25, 0.3) is 11.0 Å². The lowest BCUT2D eigenvalue weighted by molar-refractivity contribution is 0.0903.